The summed E-state index contributed by atoms with van der Waals surface area (Å²) in [6.07, 6.45) is 0. The second kappa shape index (κ2) is 11.9. The molecule has 0 unspecified atom stereocenters. The molecule has 260 valence electrons. The van der Waals surface area contributed by atoms with Crippen molar-refractivity contribution in [2.75, 3.05) is 0 Å². The predicted molar refractivity (Wildman–Crippen MR) is 230 cm³/mol. The summed E-state index contributed by atoms with van der Waals surface area (Å²) in [5.74, 6) is 0.976. The minimum Gasteiger partial charge on any atom is -0.456 e. The quantitative estimate of drug-likeness (QED) is 0.182. The number of hydrogen-bond acceptors (Lipinski definition) is 2. The average molecular weight is 712 g/mol. The molecule has 2 aliphatic rings. The van der Waals surface area contributed by atoms with Crippen molar-refractivity contribution < 1.29 is 4.42 Å². The molecule has 1 spiro atoms. The SMILES string of the molecule is c1ccc(-c2cc(-c3ccc(-c4ccc5c(c4)C4(c6ccccc6-c6ccccc64)c4c-5oc5ccccc45)cc3)cc(-c3ccc4ccccc4c3)n2)cc1. The molecule has 10 aromatic rings. The van der Waals surface area contributed by atoms with E-state index in [-0.39, 0.29) is 0 Å². The lowest BCUT2D eigenvalue weighted by molar-refractivity contribution is 0.628. The third-order valence-electron chi connectivity index (χ3n) is 12.1. The third kappa shape index (κ3) is 4.41. The summed E-state index contributed by atoms with van der Waals surface area (Å²) in [7, 11) is 0. The monoisotopic (exact) mass is 711 g/mol. The highest BCUT2D eigenvalue weighted by molar-refractivity contribution is 6.02. The van der Waals surface area contributed by atoms with Gasteiger partial charge in [0.1, 0.15) is 11.3 Å². The molecule has 0 radical (unpaired) electrons. The molecular weight excluding hydrogens is 679 g/mol. The first kappa shape index (κ1) is 31.1. The van der Waals surface area contributed by atoms with E-state index < -0.39 is 5.41 Å². The Hall–Kier alpha value is -7.29. The smallest absolute Gasteiger partial charge is 0.140 e. The lowest BCUT2D eigenvalue weighted by Gasteiger charge is -2.30. The molecule has 2 heterocycles. The summed E-state index contributed by atoms with van der Waals surface area (Å²) in [6, 6.07) is 72.4. The van der Waals surface area contributed by atoms with Crippen LogP contribution in [0.4, 0.5) is 0 Å². The zero-order valence-electron chi connectivity index (χ0n) is 30.4. The standard InChI is InChI=1S/C54H33NO/c1-2-13-37(14-3-1)49-32-41(33-50(55-49)40-27-26-34-12-4-5-15-38(34)30-40)36-24-22-35(23-25-36)39-28-29-44-48(31-39)54(52-45-18-8-11-21-51(45)56-53(44)52)46-19-9-6-16-42(46)43-17-7-10-20-47(43)54/h1-33H. The molecule has 0 fully saturated rings. The molecule has 12 rings (SSSR count). The summed E-state index contributed by atoms with van der Waals surface area (Å²) in [5, 5.41) is 3.61. The largest absolute Gasteiger partial charge is 0.456 e. The molecule has 56 heavy (non-hydrogen) atoms. The second-order valence-corrected chi connectivity index (χ2v) is 15.0. The van der Waals surface area contributed by atoms with Crippen LogP contribution in [0.25, 0.3) is 89.0 Å². The van der Waals surface area contributed by atoms with Gasteiger partial charge >= 0.3 is 0 Å². The van der Waals surface area contributed by atoms with E-state index in [9.17, 15) is 0 Å². The van der Waals surface area contributed by atoms with E-state index in [1.165, 1.54) is 60.7 Å². The third-order valence-corrected chi connectivity index (χ3v) is 12.1. The van der Waals surface area contributed by atoms with E-state index in [0.717, 1.165) is 50.5 Å². The van der Waals surface area contributed by atoms with E-state index in [0.29, 0.717) is 0 Å². The van der Waals surface area contributed by atoms with E-state index >= 15 is 0 Å². The van der Waals surface area contributed by atoms with Crippen LogP contribution in [0.5, 0.6) is 0 Å². The van der Waals surface area contributed by atoms with Crippen LogP contribution in [0.15, 0.2) is 205 Å². The number of aromatic nitrogens is 1. The Labute approximate surface area is 325 Å². The normalized spacial score (nSPS) is 13.1. The van der Waals surface area contributed by atoms with Crippen molar-refractivity contribution in [2.45, 2.75) is 5.41 Å². The van der Waals surface area contributed by atoms with Gasteiger partial charge in [-0.05, 0) is 91.2 Å². The fourth-order valence-corrected chi connectivity index (χ4v) is 9.57. The van der Waals surface area contributed by atoms with Crippen molar-refractivity contribution in [1.29, 1.82) is 0 Å². The van der Waals surface area contributed by atoms with Gasteiger partial charge in [0.25, 0.3) is 0 Å². The Balaban J connectivity index is 1.00. The highest BCUT2D eigenvalue weighted by atomic mass is 16.3. The Kier molecular flexibility index (Phi) is 6.58. The fourth-order valence-electron chi connectivity index (χ4n) is 9.57. The summed E-state index contributed by atoms with van der Waals surface area (Å²) >= 11 is 0. The van der Waals surface area contributed by atoms with E-state index in [4.69, 9.17) is 9.40 Å². The second-order valence-electron chi connectivity index (χ2n) is 15.0. The number of rotatable bonds is 4. The lowest BCUT2D eigenvalue weighted by atomic mass is 9.70. The predicted octanol–water partition coefficient (Wildman–Crippen LogP) is 14.0. The Morgan fingerprint density at radius 2 is 0.946 bits per heavy atom. The number of nitrogens with zero attached hydrogens (tertiary/aromatic N) is 1. The van der Waals surface area contributed by atoms with Crippen LogP contribution in [0.2, 0.25) is 0 Å². The van der Waals surface area contributed by atoms with Crippen molar-refractivity contribution in [1.82, 2.24) is 4.98 Å². The van der Waals surface area contributed by atoms with Crippen molar-refractivity contribution in [3.63, 3.8) is 0 Å². The first-order valence-corrected chi connectivity index (χ1v) is 19.3. The summed E-state index contributed by atoms with van der Waals surface area (Å²) in [6.45, 7) is 0. The molecule has 2 heteroatoms. The molecular formula is C54H33NO. The van der Waals surface area contributed by atoms with Crippen molar-refractivity contribution >= 4 is 21.7 Å². The molecule has 0 saturated carbocycles. The number of para-hydroxylation sites is 1. The van der Waals surface area contributed by atoms with Crippen molar-refractivity contribution in [2.24, 2.45) is 0 Å². The molecule has 8 aromatic carbocycles. The molecule has 0 amide bonds. The van der Waals surface area contributed by atoms with Crippen LogP contribution in [-0.2, 0) is 5.41 Å². The Morgan fingerprint density at radius 3 is 1.71 bits per heavy atom. The van der Waals surface area contributed by atoms with Crippen molar-refractivity contribution in [3.05, 3.63) is 222 Å². The summed E-state index contributed by atoms with van der Waals surface area (Å²) in [4.78, 5) is 5.20. The first-order valence-electron chi connectivity index (χ1n) is 19.3. The maximum atomic E-state index is 6.76. The van der Waals surface area contributed by atoms with Gasteiger partial charge in [-0.2, -0.15) is 0 Å². The molecule has 2 aliphatic carbocycles. The average Bonchev–Trinajstić information content (AvgIpc) is 3.90. The molecule has 0 atom stereocenters. The highest BCUT2D eigenvalue weighted by Gasteiger charge is 2.54. The zero-order chi connectivity index (χ0) is 36.8. The van der Waals surface area contributed by atoms with Gasteiger partial charge in [0.2, 0.25) is 0 Å². The number of hydrogen-bond donors (Lipinski definition) is 0. The summed E-state index contributed by atoms with van der Waals surface area (Å²) in [5.41, 5.74) is 18.1. The Bertz CT molecular complexity index is 3140. The van der Waals surface area contributed by atoms with Gasteiger partial charge in [-0.3, -0.25) is 0 Å². The first-order chi connectivity index (χ1) is 27.7. The minimum atomic E-state index is -0.482. The molecule has 0 bridgehead atoms. The number of benzene rings is 8. The molecule has 2 aromatic heterocycles. The van der Waals surface area contributed by atoms with Gasteiger partial charge in [-0.15, -0.1) is 0 Å². The van der Waals surface area contributed by atoms with Gasteiger partial charge in [0.15, 0.2) is 0 Å². The van der Waals surface area contributed by atoms with Crippen LogP contribution in [-0.4, -0.2) is 4.98 Å². The summed E-state index contributed by atoms with van der Waals surface area (Å²) < 4.78 is 6.76. The molecule has 2 nitrogen and oxygen atoms in total. The molecule has 0 aliphatic heterocycles. The maximum absolute atomic E-state index is 6.76. The zero-order valence-corrected chi connectivity index (χ0v) is 30.4. The molecule has 0 N–H and O–H groups in total. The number of fused-ring (bicyclic) bond motifs is 13. The van der Waals surface area contributed by atoms with Gasteiger partial charge in [-0.25, -0.2) is 4.98 Å². The number of furan rings is 1. The van der Waals surface area contributed by atoms with Crippen LogP contribution in [0, 0.1) is 0 Å². The van der Waals surface area contributed by atoms with Crippen LogP contribution >= 0.6 is 0 Å². The maximum Gasteiger partial charge on any atom is 0.140 e. The fraction of sp³-hybridized carbons (Fsp3) is 0.0185. The van der Waals surface area contributed by atoms with Crippen LogP contribution in [0.1, 0.15) is 22.3 Å². The minimum absolute atomic E-state index is 0.482. The van der Waals surface area contributed by atoms with Gasteiger partial charge < -0.3 is 4.42 Å². The van der Waals surface area contributed by atoms with Gasteiger partial charge in [0, 0.05) is 27.6 Å². The van der Waals surface area contributed by atoms with E-state index in [2.05, 4.69) is 200 Å². The topological polar surface area (TPSA) is 26.0 Å². The van der Waals surface area contributed by atoms with Gasteiger partial charge in [-0.1, -0.05) is 170 Å². The Morgan fingerprint density at radius 1 is 0.357 bits per heavy atom. The van der Waals surface area contributed by atoms with E-state index in [1.807, 2.05) is 0 Å². The van der Waals surface area contributed by atoms with Crippen LogP contribution < -0.4 is 0 Å². The van der Waals surface area contributed by atoms with Crippen molar-refractivity contribution in [3.8, 4) is 67.2 Å². The highest BCUT2D eigenvalue weighted by Crippen LogP contribution is 2.65. The lowest BCUT2D eigenvalue weighted by Crippen LogP contribution is -2.25. The van der Waals surface area contributed by atoms with E-state index in [1.54, 1.807) is 0 Å². The van der Waals surface area contributed by atoms with Gasteiger partial charge in [0.05, 0.1) is 16.8 Å². The molecule has 0 saturated heterocycles. The van der Waals surface area contributed by atoms with Crippen LogP contribution in [0.3, 0.4) is 0 Å². The number of pyridine rings is 1.